The molecule has 0 fully saturated rings. The Labute approximate surface area is 124 Å². The van der Waals surface area contributed by atoms with Crippen LogP contribution in [0.3, 0.4) is 0 Å². The molecule has 4 nitrogen and oxygen atoms in total. The Morgan fingerprint density at radius 2 is 2.21 bits per heavy atom. The molecule has 0 aliphatic carbocycles. The first-order valence-corrected chi connectivity index (χ1v) is 6.75. The molecule has 0 saturated heterocycles. The number of rotatable bonds is 3. The van der Waals surface area contributed by atoms with Gasteiger partial charge in [-0.05, 0) is 47.1 Å². The number of hydrogen-bond acceptors (Lipinski definition) is 3. The predicted octanol–water partition coefficient (Wildman–Crippen LogP) is 3.13. The summed E-state index contributed by atoms with van der Waals surface area (Å²) >= 11 is 9.23. The molecule has 0 atom stereocenters. The maximum atomic E-state index is 11.9. The van der Waals surface area contributed by atoms with E-state index in [1.807, 2.05) is 0 Å². The summed E-state index contributed by atoms with van der Waals surface area (Å²) in [4.78, 5) is 20.1. The van der Waals surface area contributed by atoms with Gasteiger partial charge in [0, 0.05) is 16.2 Å². The second-order valence-electron chi connectivity index (χ2n) is 3.91. The molecule has 0 unspecified atom stereocenters. The van der Waals surface area contributed by atoms with Crippen molar-refractivity contribution in [1.29, 1.82) is 0 Å². The van der Waals surface area contributed by atoms with Crippen LogP contribution < -0.4 is 5.32 Å². The molecular weight excluding hydrogens is 330 g/mol. The Kier molecular flexibility index (Phi) is 4.50. The smallest absolute Gasteiger partial charge is 0.251 e. The average molecular weight is 341 g/mol. The van der Waals surface area contributed by atoms with Crippen LogP contribution in [0.4, 0.5) is 0 Å². The van der Waals surface area contributed by atoms with Crippen LogP contribution in [0.5, 0.6) is 0 Å². The molecular formula is C13H11BrClN3O. The van der Waals surface area contributed by atoms with Crippen LogP contribution in [0.2, 0.25) is 5.02 Å². The number of amides is 1. The Morgan fingerprint density at radius 3 is 2.89 bits per heavy atom. The lowest BCUT2D eigenvalue weighted by Crippen LogP contribution is -2.23. The van der Waals surface area contributed by atoms with Gasteiger partial charge in [0.05, 0.1) is 17.3 Å². The summed E-state index contributed by atoms with van der Waals surface area (Å²) in [7, 11) is 0. The van der Waals surface area contributed by atoms with Gasteiger partial charge in [0.15, 0.2) is 0 Å². The molecule has 1 aromatic carbocycles. The van der Waals surface area contributed by atoms with Gasteiger partial charge in [-0.2, -0.15) is 0 Å². The van der Waals surface area contributed by atoms with E-state index < -0.39 is 0 Å². The van der Waals surface area contributed by atoms with Crippen molar-refractivity contribution in [2.45, 2.75) is 13.5 Å². The molecule has 0 spiro atoms. The summed E-state index contributed by atoms with van der Waals surface area (Å²) in [5.41, 5.74) is 1.28. The molecule has 6 heteroatoms. The van der Waals surface area contributed by atoms with Crippen molar-refractivity contribution in [3.05, 3.63) is 57.0 Å². The normalized spacial score (nSPS) is 10.3. The van der Waals surface area contributed by atoms with E-state index >= 15 is 0 Å². The molecule has 0 saturated carbocycles. The highest BCUT2D eigenvalue weighted by Gasteiger charge is 2.08. The van der Waals surface area contributed by atoms with E-state index in [1.165, 1.54) is 0 Å². The van der Waals surface area contributed by atoms with E-state index in [0.717, 1.165) is 10.2 Å². The number of aromatic nitrogens is 2. The van der Waals surface area contributed by atoms with E-state index in [2.05, 4.69) is 31.2 Å². The minimum absolute atomic E-state index is 0.189. The molecule has 19 heavy (non-hydrogen) atoms. The minimum Gasteiger partial charge on any atom is -0.346 e. The number of nitrogens with one attached hydrogen (secondary N) is 1. The molecule has 2 rings (SSSR count). The van der Waals surface area contributed by atoms with Crippen molar-refractivity contribution in [2.24, 2.45) is 0 Å². The van der Waals surface area contributed by atoms with Crippen molar-refractivity contribution in [3.8, 4) is 0 Å². The van der Waals surface area contributed by atoms with Crippen LogP contribution >= 0.6 is 27.5 Å². The van der Waals surface area contributed by atoms with Gasteiger partial charge in [0.1, 0.15) is 5.82 Å². The number of hydrogen-bond donors (Lipinski definition) is 1. The fraction of sp³-hybridized carbons (Fsp3) is 0.154. The Morgan fingerprint density at radius 1 is 1.42 bits per heavy atom. The van der Waals surface area contributed by atoms with Crippen molar-refractivity contribution in [2.75, 3.05) is 0 Å². The predicted molar refractivity (Wildman–Crippen MR) is 77.1 cm³/mol. The zero-order valence-corrected chi connectivity index (χ0v) is 12.5. The SMILES string of the molecule is Cc1nccc(CNC(=O)c2ccc(Br)c(Cl)c2)n1. The van der Waals surface area contributed by atoms with Crippen LogP contribution in [-0.4, -0.2) is 15.9 Å². The zero-order valence-electron chi connectivity index (χ0n) is 10.2. The summed E-state index contributed by atoms with van der Waals surface area (Å²) in [5, 5.41) is 3.29. The van der Waals surface area contributed by atoms with Crippen molar-refractivity contribution < 1.29 is 4.79 Å². The Bertz CT molecular complexity index is 619. The van der Waals surface area contributed by atoms with Gasteiger partial charge in [0.25, 0.3) is 5.91 Å². The van der Waals surface area contributed by atoms with Gasteiger partial charge < -0.3 is 5.32 Å². The first-order chi connectivity index (χ1) is 9.06. The summed E-state index contributed by atoms with van der Waals surface area (Å²) in [6, 6.07) is 6.83. The number of carbonyl (C=O) groups excluding carboxylic acids is 1. The Balaban J connectivity index is 2.03. The van der Waals surface area contributed by atoms with Crippen molar-refractivity contribution in [1.82, 2.24) is 15.3 Å². The van der Waals surface area contributed by atoms with Gasteiger partial charge >= 0.3 is 0 Å². The fourth-order valence-electron chi connectivity index (χ4n) is 1.51. The third-order valence-electron chi connectivity index (χ3n) is 2.45. The zero-order chi connectivity index (χ0) is 13.8. The molecule has 2 aromatic rings. The lowest BCUT2D eigenvalue weighted by Gasteiger charge is -2.06. The number of aryl methyl sites for hydroxylation is 1. The first-order valence-electron chi connectivity index (χ1n) is 5.58. The van der Waals surface area contributed by atoms with Crippen molar-refractivity contribution in [3.63, 3.8) is 0 Å². The highest BCUT2D eigenvalue weighted by molar-refractivity contribution is 9.10. The summed E-state index contributed by atoms with van der Waals surface area (Å²) in [6.45, 7) is 2.16. The third kappa shape index (κ3) is 3.75. The first kappa shape index (κ1) is 14.0. The highest BCUT2D eigenvalue weighted by atomic mass is 79.9. The van der Waals surface area contributed by atoms with E-state index in [0.29, 0.717) is 23.0 Å². The second kappa shape index (κ2) is 6.12. The van der Waals surface area contributed by atoms with Gasteiger partial charge in [0.2, 0.25) is 0 Å². The van der Waals surface area contributed by atoms with Crippen LogP contribution in [0.25, 0.3) is 0 Å². The summed E-state index contributed by atoms with van der Waals surface area (Å²) in [5.74, 6) is 0.490. The molecule has 1 amide bonds. The summed E-state index contributed by atoms with van der Waals surface area (Å²) in [6.07, 6.45) is 1.67. The number of carbonyl (C=O) groups is 1. The molecule has 0 bridgehead atoms. The van der Waals surface area contributed by atoms with Crippen LogP contribution in [-0.2, 0) is 6.54 Å². The van der Waals surface area contributed by atoms with E-state index in [1.54, 1.807) is 37.4 Å². The second-order valence-corrected chi connectivity index (χ2v) is 5.17. The lowest BCUT2D eigenvalue weighted by molar-refractivity contribution is 0.0950. The van der Waals surface area contributed by atoms with Crippen molar-refractivity contribution >= 4 is 33.4 Å². The molecule has 0 radical (unpaired) electrons. The molecule has 0 aliphatic heterocycles. The third-order valence-corrected chi connectivity index (χ3v) is 3.68. The van der Waals surface area contributed by atoms with Gasteiger partial charge in [-0.15, -0.1) is 0 Å². The molecule has 1 heterocycles. The molecule has 98 valence electrons. The number of nitrogens with zero attached hydrogens (tertiary/aromatic N) is 2. The van der Waals surface area contributed by atoms with Crippen LogP contribution in [0, 0.1) is 6.92 Å². The van der Waals surface area contributed by atoms with Gasteiger partial charge in [-0.1, -0.05) is 11.6 Å². The summed E-state index contributed by atoms with van der Waals surface area (Å²) < 4.78 is 0.761. The minimum atomic E-state index is -0.189. The molecule has 1 N–H and O–H groups in total. The van der Waals surface area contributed by atoms with E-state index in [4.69, 9.17) is 11.6 Å². The lowest BCUT2D eigenvalue weighted by atomic mass is 10.2. The monoisotopic (exact) mass is 339 g/mol. The number of benzene rings is 1. The topological polar surface area (TPSA) is 54.9 Å². The largest absolute Gasteiger partial charge is 0.346 e. The quantitative estimate of drug-likeness (QED) is 0.934. The highest BCUT2D eigenvalue weighted by Crippen LogP contribution is 2.23. The average Bonchev–Trinajstić information content (AvgIpc) is 2.39. The maximum Gasteiger partial charge on any atom is 0.251 e. The van der Waals surface area contributed by atoms with Crippen LogP contribution in [0.1, 0.15) is 21.9 Å². The molecule has 0 aliphatic rings. The number of halogens is 2. The standard InChI is InChI=1S/C13H11BrClN3O/c1-8-16-5-4-10(18-8)7-17-13(19)9-2-3-11(14)12(15)6-9/h2-6H,7H2,1H3,(H,17,19). The van der Waals surface area contributed by atoms with E-state index in [-0.39, 0.29) is 5.91 Å². The van der Waals surface area contributed by atoms with Gasteiger partial charge in [-0.3, -0.25) is 4.79 Å². The Hall–Kier alpha value is -1.46. The van der Waals surface area contributed by atoms with E-state index in [9.17, 15) is 4.79 Å². The van der Waals surface area contributed by atoms with Gasteiger partial charge in [-0.25, -0.2) is 9.97 Å². The fourth-order valence-corrected chi connectivity index (χ4v) is 1.94. The maximum absolute atomic E-state index is 11.9. The molecule has 1 aromatic heterocycles. The van der Waals surface area contributed by atoms with Crippen LogP contribution in [0.15, 0.2) is 34.9 Å².